The first-order valence-electron chi connectivity index (χ1n) is 7.66. The molecule has 3 aromatic rings. The monoisotopic (exact) mass is 344 g/mol. The van der Waals surface area contributed by atoms with Crippen LogP contribution in [0.15, 0.2) is 66.0 Å². The van der Waals surface area contributed by atoms with Crippen molar-refractivity contribution in [1.82, 2.24) is 8.96 Å². The summed E-state index contributed by atoms with van der Waals surface area (Å²) in [5, 5.41) is 0. The Morgan fingerprint density at radius 3 is 2.62 bits per heavy atom. The van der Waals surface area contributed by atoms with Gasteiger partial charge >= 0.3 is 0 Å². The molecule has 0 N–H and O–H groups in total. The molecule has 0 saturated carbocycles. The maximum absolute atomic E-state index is 14.2. The summed E-state index contributed by atoms with van der Waals surface area (Å²) in [7, 11) is -3.84. The predicted octanol–water partition coefficient (Wildman–Crippen LogP) is 3.88. The van der Waals surface area contributed by atoms with Gasteiger partial charge in [0.2, 0.25) is 0 Å². The van der Waals surface area contributed by atoms with E-state index in [1.165, 1.54) is 24.5 Å². The van der Waals surface area contributed by atoms with Gasteiger partial charge in [-0.15, -0.1) is 0 Å². The molecule has 0 aliphatic rings. The van der Waals surface area contributed by atoms with E-state index in [-0.39, 0.29) is 10.5 Å². The molecule has 2 aromatic heterocycles. The molecule has 0 amide bonds. The van der Waals surface area contributed by atoms with Gasteiger partial charge in [0.25, 0.3) is 10.0 Å². The lowest BCUT2D eigenvalue weighted by Gasteiger charge is -2.10. The van der Waals surface area contributed by atoms with Crippen molar-refractivity contribution < 1.29 is 12.8 Å². The highest BCUT2D eigenvalue weighted by Gasteiger charge is 2.23. The summed E-state index contributed by atoms with van der Waals surface area (Å²) in [6.45, 7) is 2.01. The Labute approximate surface area is 140 Å². The Morgan fingerprint density at radius 2 is 1.96 bits per heavy atom. The van der Waals surface area contributed by atoms with Crippen molar-refractivity contribution in [3.63, 3.8) is 0 Å². The molecule has 0 spiro atoms. The van der Waals surface area contributed by atoms with Gasteiger partial charge in [-0.2, -0.15) is 0 Å². The SMILES string of the molecule is CCCc1cc(-c2ccccc2F)n(S(=O)(=O)c2cccnc2)c1. The number of nitrogens with zero attached hydrogens (tertiary/aromatic N) is 2. The van der Waals surface area contributed by atoms with Crippen molar-refractivity contribution in [1.29, 1.82) is 0 Å². The van der Waals surface area contributed by atoms with E-state index in [4.69, 9.17) is 0 Å². The summed E-state index contributed by atoms with van der Waals surface area (Å²) in [5.74, 6) is -0.457. The van der Waals surface area contributed by atoms with Crippen LogP contribution in [-0.4, -0.2) is 17.4 Å². The smallest absolute Gasteiger partial charge is 0.263 e. The lowest BCUT2D eigenvalue weighted by molar-refractivity contribution is 0.587. The van der Waals surface area contributed by atoms with E-state index in [1.807, 2.05) is 6.92 Å². The Morgan fingerprint density at radius 1 is 1.17 bits per heavy atom. The van der Waals surface area contributed by atoms with E-state index < -0.39 is 15.8 Å². The predicted molar refractivity (Wildman–Crippen MR) is 90.6 cm³/mol. The van der Waals surface area contributed by atoms with Crippen LogP contribution in [0.25, 0.3) is 11.3 Å². The molecule has 0 saturated heterocycles. The topological polar surface area (TPSA) is 52.0 Å². The number of benzene rings is 1. The van der Waals surface area contributed by atoms with Crippen molar-refractivity contribution in [3.05, 3.63) is 72.4 Å². The van der Waals surface area contributed by atoms with Gasteiger partial charge in [0.05, 0.1) is 5.69 Å². The molecule has 1 aromatic carbocycles. The molecule has 4 nitrogen and oxygen atoms in total. The van der Waals surface area contributed by atoms with Crippen LogP contribution in [0.4, 0.5) is 4.39 Å². The van der Waals surface area contributed by atoms with Gasteiger partial charge in [-0.05, 0) is 42.3 Å². The summed E-state index contributed by atoms with van der Waals surface area (Å²) < 4.78 is 41.3. The molecule has 124 valence electrons. The second-order valence-electron chi connectivity index (χ2n) is 5.45. The average molecular weight is 344 g/mol. The fraction of sp³-hybridized carbons (Fsp3) is 0.167. The minimum absolute atomic E-state index is 0.0706. The van der Waals surface area contributed by atoms with Gasteiger partial charge in [-0.1, -0.05) is 25.5 Å². The zero-order valence-electron chi connectivity index (χ0n) is 13.2. The number of rotatable bonds is 5. The van der Waals surface area contributed by atoms with E-state index >= 15 is 0 Å². The van der Waals surface area contributed by atoms with Crippen LogP contribution in [0.2, 0.25) is 0 Å². The van der Waals surface area contributed by atoms with Crippen molar-refractivity contribution in [2.24, 2.45) is 0 Å². The lowest BCUT2D eigenvalue weighted by Crippen LogP contribution is -2.13. The highest BCUT2D eigenvalue weighted by atomic mass is 32.2. The Kier molecular flexibility index (Phi) is 4.49. The third kappa shape index (κ3) is 2.97. The van der Waals surface area contributed by atoms with Gasteiger partial charge in [0, 0.05) is 24.2 Å². The molecule has 0 aliphatic carbocycles. The molecular weight excluding hydrogens is 327 g/mol. The van der Waals surface area contributed by atoms with Gasteiger partial charge in [-0.3, -0.25) is 4.98 Å². The van der Waals surface area contributed by atoms with E-state index in [2.05, 4.69) is 4.98 Å². The highest BCUT2D eigenvalue weighted by Crippen LogP contribution is 2.29. The van der Waals surface area contributed by atoms with Crippen molar-refractivity contribution in [2.45, 2.75) is 24.7 Å². The minimum atomic E-state index is -3.84. The molecule has 3 rings (SSSR count). The second kappa shape index (κ2) is 6.57. The first kappa shape index (κ1) is 16.4. The van der Waals surface area contributed by atoms with Gasteiger partial charge < -0.3 is 0 Å². The second-order valence-corrected chi connectivity index (χ2v) is 7.27. The first-order valence-corrected chi connectivity index (χ1v) is 9.10. The molecule has 24 heavy (non-hydrogen) atoms. The quantitative estimate of drug-likeness (QED) is 0.706. The number of aromatic nitrogens is 2. The molecule has 2 heterocycles. The van der Waals surface area contributed by atoms with E-state index in [0.29, 0.717) is 5.69 Å². The number of halogens is 1. The zero-order valence-corrected chi connectivity index (χ0v) is 14.0. The van der Waals surface area contributed by atoms with Gasteiger partial charge in [0.15, 0.2) is 0 Å². The van der Waals surface area contributed by atoms with Crippen molar-refractivity contribution in [3.8, 4) is 11.3 Å². The fourth-order valence-corrected chi connectivity index (χ4v) is 3.96. The van der Waals surface area contributed by atoms with Crippen molar-refractivity contribution in [2.75, 3.05) is 0 Å². The highest BCUT2D eigenvalue weighted by molar-refractivity contribution is 7.90. The Hall–Kier alpha value is -2.47. The molecular formula is C18H17FN2O2S. The van der Waals surface area contributed by atoms with Crippen LogP contribution >= 0.6 is 0 Å². The standard InChI is InChI=1S/C18H17FN2O2S/c1-2-6-14-11-18(16-8-3-4-9-17(16)19)21(13-14)24(22,23)15-7-5-10-20-12-15/h3-5,7-13H,2,6H2,1H3. The summed E-state index contributed by atoms with van der Waals surface area (Å²) >= 11 is 0. The largest absolute Gasteiger partial charge is 0.269 e. The van der Waals surface area contributed by atoms with E-state index in [9.17, 15) is 12.8 Å². The first-order chi connectivity index (χ1) is 11.5. The number of hydrogen-bond donors (Lipinski definition) is 0. The zero-order chi connectivity index (χ0) is 17.2. The third-order valence-corrected chi connectivity index (χ3v) is 5.38. The van der Waals surface area contributed by atoms with Crippen LogP contribution in [0.3, 0.4) is 0 Å². The third-order valence-electron chi connectivity index (χ3n) is 3.72. The maximum Gasteiger partial charge on any atom is 0.269 e. The fourth-order valence-electron chi connectivity index (χ4n) is 2.60. The van der Waals surface area contributed by atoms with Gasteiger partial charge in [0.1, 0.15) is 10.7 Å². The van der Waals surface area contributed by atoms with Crippen LogP contribution in [0.5, 0.6) is 0 Å². The van der Waals surface area contributed by atoms with Crippen LogP contribution < -0.4 is 0 Å². The molecule has 0 radical (unpaired) electrons. The molecule has 0 aliphatic heterocycles. The number of hydrogen-bond acceptors (Lipinski definition) is 3. The number of pyridine rings is 1. The maximum atomic E-state index is 14.2. The summed E-state index contributed by atoms with van der Waals surface area (Å²) in [5.41, 5.74) is 1.43. The van der Waals surface area contributed by atoms with Crippen LogP contribution in [0, 0.1) is 5.82 Å². The Balaban J connectivity index is 2.23. The average Bonchev–Trinajstić information content (AvgIpc) is 3.01. The lowest BCUT2D eigenvalue weighted by atomic mass is 10.1. The van der Waals surface area contributed by atoms with E-state index in [0.717, 1.165) is 22.4 Å². The minimum Gasteiger partial charge on any atom is -0.263 e. The summed E-state index contributed by atoms with van der Waals surface area (Å²) in [4.78, 5) is 3.94. The summed E-state index contributed by atoms with van der Waals surface area (Å²) in [6.07, 6.45) is 5.95. The molecule has 0 unspecified atom stereocenters. The number of aryl methyl sites for hydroxylation is 1. The van der Waals surface area contributed by atoms with E-state index in [1.54, 1.807) is 36.5 Å². The summed E-state index contributed by atoms with van der Waals surface area (Å²) in [6, 6.07) is 10.9. The molecule has 0 bridgehead atoms. The van der Waals surface area contributed by atoms with Crippen LogP contribution in [0.1, 0.15) is 18.9 Å². The molecule has 0 fully saturated rings. The Bertz CT molecular complexity index is 950. The normalized spacial score (nSPS) is 11.6. The van der Waals surface area contributed by atoms with Gasteiger partial charge in [-0.25, -0.2) is 16.8 Å². The molecule has 6 heteroatoms. The van der Waals surface area contributed by atoms with Crippen LogP contribution in [-0.2, 0) is 16.4 Å². The molecule has 0 atom stereocenters. The van der Waals surface area contributed by atoms with Crippen molar-refractivity contribution >= 4 is 10.0 Å².